The Morgan fingerprint density at radius 3 is 2.53 bits per heavy atom. The molecule has 88 valence electrons. The van der Waals surface area contributed by atoms with Crippen LogP contribution in [-0.4, -0.2) is 0 Å². The lowest BCUT2D eigenvalue weighted by atomic mass is 9.87. The van der Waals surface area contributed by atoms with Crippen molar-refractivity contribution in [2.45, 2.75) is 32.6 Å². The maximum atomic E-state index is 4.10. The molecule has 2 aliphatic rings. The molecule has 0 saturated heterocycles. The molecule has 0 nitrogen and oxygen atoms in total. The first-order valence-electron chi connectivity index (χ1n) is 6.39. The van der Waals surface area contributed by atoms with Gasteiger partial charge in [0.25, 0.3) is 0 Å². The Hall–Kier alpha value is -1.56. The van der Waals surface area contributed by atoms with Crippen molar-refractivity contribution in [1.82, 2.24) is 0 Å². The van der Waals surface area contributed by atoms with E-state index in [1.165, 1.54) is 29.6 Å². The summed E-state index contributed by atoms with van der Waals surface area (Å²) in [7, 11) is 0. The van der Waals surface area contributed by atoms with E-state index in [4.69, 9.17) is 0 Å². The van der Waals surface area contributed by atoms with Crippen LogP contribution in [0, 0.1) is 0 Å². The molecule has 0 unspecified atom stereocenters. The Morgan fingerprint density at radius 1 is 1.12 bits per heavy atom. The van der Waals surface area contributed by atoms with Crippen molar-refractivity contribution in [3.63, 3.8) is 0 Å². The molecule has 0 heterocycles. The summed E-state index contributed by atoms with van der Waals surface area (Å²) in [6.07, 6.45) is 20.0. The van der Waals surface area contributed by atoms with Gasteiger partial charge in [0.15, 0.2) is 0 Å². The zero-order valence-electron chi connectivity index (χ0n) is 10.6. The highest BCUT2D eigenvalue weighted by Gasteiger charge is 2.11. The fourth-order valence-corrected chi connectivity index (χ4v) is 2.35. The Morgan fingerprint density at radius 2 is 1.94 bits per heavy atom. The van der Waals surface area contributed by atoms with Crippen LogP contribution >= 0.6 is 0 Å². The van der Waals surface area contributed by atoms with Crippen LogP contribution in [-0.2, 0) is 0 Å². The van der Waals surface area contributed by atoms with Crippen molar-refractivity contribution in [1.29, 1.82) is 0 Å². The van der Waals surface area contributed by atoms with E-state index >= 15 is 0 Å². The van der Waals surface area contributed by atoms with Crippen LogP contribution in [0.1, 0.15) is 32.6 Å². The Bertz CT molecular complexity index is 450. The second-order valence-corrected chi connectivity index (χ2v) is 4.57. The summed E-state index contributed by atoms with van der Waals surface area (Å²) >= 11 is 0. The Kier molecular flexibility index (Phi) is 3.98. The maximum Gasteiger partial charge on any atom is -0.0232 e. The van der Waals surface area contributed by atoms with Gasteiger partial charge >= 0.3 is 0 Å². The van der Waals surface area contributed by atoms with Gasteiger partial charge < -0.3 is 0 Å². The third-order valence-electron chi connectivity index (χ3n) is 3.36. The normalized spacial score (nSPS) is 19.9. The Labute approximate surface area is 104 Å². The first-order valence-corrected chi connectivity index (χ1v) is 6.39. The summed E-state index contributed by atoms with van der Waals surface area (Å²) in [4.78, 5) is 0. The molecule has 2 rings (SSSR count). The van der Waals surface area contributed by atoms with E-state index in [0.29, 0.717) is 0 Å². The van der Waals surface area contributed by atoms with Crippen LogP contribution in [0.5, 0.6) is 0 Å². The fourth-order valence-electron chi connectivity index (χ4n) is 2.35. The van der Waals surface area contributed by atoms with Crippen LogP contribution in [0.15, 0.2) is 71.4 Å². The topological polar surface area (TPSA) is 0 Å². The van der Waals surface area contributed by atoms with Crippen molar-refractivity contribution in [3.05, 3.63) is 71.4 Å². The number of allylic oxidation sites excluding steroid dienone is 11. The molecule has 0 radical (unpaired) electrons. The molecule has 0 atom stereocenters. The molecular weight excluding hydrogens is 204 g/mol. The molecule has 0 bridgehead atoms. The van der Waals surface area contributed by atoms with Gasteiger partial charge in [0.1, 0.15) is 0 Å². The van der Waals surface area contributed by atoms with Crippen LogP contribution in [0.3, 0.4) is 0 Å². The first-order chi connectivity index (χ1) is 8.31. The minimum atomic E-state index is 1.12. The van der Waals surface area contributed by atoms with Crippen LogP contribution < -0.4 is 0 Å². The fraction of sp³-hybridized carbons (Fsp3) is 0.294. The molecular formula is C17H20. The molecule has 0 spiro atoms. The molecule has 0 N–H and O–H groups in total. The highest BCUT2D eigenvalue weighted by atomic mass is 14.2. The summed E-state index contributed by atoms with van der Waals surface area (Å²) in [5.41, 5.74) is 5.55. The monoisotopic (exact) mass is 224 g/mol. The van der Waals surface area contributed by atoms with Gasteiger partial charge in [-0.2, -0.15) is 0 Å². The summed E-state index contributed by atoms with van der Waals surface area (Å²) in [5, 5.41) is 0. The summed E-state index contributed by atoms with van der Waals surface area (Å²) in [6.45, 7) is 6.13. The van der Waals surface area contributed by atoms with E-state index in [-0.39, 0.29) is 0 Å². The van der Waals surface area contributed by atoms with Gasteiger partial charge in [-0.15, -0.1) is 0 Å². The minimum Gasteiger partial charge on any atom is -0.0915 e. The number of hydrogen-bond donors (Lipinski definition) is 0. The van der Waals surface area contributed by atoms with Gasteiger partial charge in [0.2, 0.25) is 0 Å². The second kappa shape index (κ2) is 5.67. The van der Waals surface area contributed by atoms with Gasteiger partial charge in [0.05, 0.1) is 0 Å². The van der Waals surface area contributed by atoms with Crippen LogP contribution in [0.2, 0.25) is 0 Å². The molecule has 0 aromatic heterocycles. The first kappa shape index (κ1) is 11.9. The van der Waals surface area contributed by atoms with E-state index in [0.717, 1.165) is 18.4 Å². The second-order valence-electron chi connectivity index (χ2n) is 4.57. The molecule has 0 amide bonds. The minimum absolute atomic E-state index is 1.12. The molecule has 0 saturated carbocycles. The summed E-state index contributed by atoms with van der Waals surface area (Å²) in [5.74, 6) is 0. The van der Waals surface area contributed by atoms with Gasteiger partial charge in [-0.1, -0.05) is 49.1 Å². The van der Waals surface area contributed by atoms with Crippen molar-refractivity contribution in [3.8, 4) is 0 Å². The van der Waals surface area contributed by atoms with Crippen molar-refractivity contribution < 1.29 is 0 Å². The maximum absolute atomic E-state index is 4.10. The predicted molar refractivity (Wildman–Crippen MR) is 75.8 cm³/mol. The lowest BCUT2D eigenvalue weighted by Gasteiger charge is -2.18. The van der Waals surface area contributed by atoms with Crippen molar-refractivity contribution >= 4 is 0 Å². The van der Waals surface area contributed by atoms with E-state index in [2.05, 4.69) is 49.1 Å². The lowest BCUT2D eigenvalue weighted by Crippen LogP contribution is -1.99. The highest BCUT2D eigenvalue weighted by Crippen LogP contribution is 2.30. The largest absolute Gasteiger partial charge is 0.0915 e. The van der Waals surface area contributed by atoms with E-state index in [1.54, 1.807) is 0 Å². The molecule has 0 heteroatoms. The molecule has 17 heavy (non-hydrogen) atoms. The van der Waals surface area contributed by atoms with Crippen LogP contribution in [0.25, 0.3) is 0 Å². The predicted octanol–water partition coefficient (Wildman–Crippen LogP) is 5.04. The average Bonchev–Trinajstić information content (AvgIpc) is 2.40. The average molecular weight is 224 g/mol. The lowest BCUT2D eigenvalue weighted by molar-refractivity contribution is 0.877. The zero-order valence-corrected chi connectivity index (χ0v) is 10.6. The van der Waals surface area contributed by atoms with Crippen molar-refractivity contribution in [2.75, 3.05) is 0 Å². The molecule has 0 aromatic carbocycles. The van der Waals surface area contributed by atoms with E-state index in [1.807, 2.05) is 6.92 Å². The quantitative estimate of drug-likeness (QED) is 0.589. The number of hydrogen-bond acceptors (Lipinski definition) is 0. The third kappa shape index (κ3) is 2.97. The van der Waals surface area contributed by atoms with Crippen molar-refractivity contribution in [2.24, 2.45) is 0 Å². The zero-order chi connectivity index (χ0) is 12.1. The van der Waals surface area contributed by atoms with Gasteiger partial charge in [-0.3, -0.25) is 0 Å². The smallest absolute Gasteiger partial charge is 0.0232 e. The Balaban J connectivity index is 2.12. The number of rotatable bonds is 3. The SMILES string of the molecule is C=C(/C=C\C)C1=CC=C(C2=CC=CCC2)CC1. The van der Waals surface area contributed by atoms with E-state index < -0.39 is 0 Å². The molecule has 2 aliphatic carbocycles. The molecule has 0 fully saturated rings. The van der Waals surface area contributed by atoms with E-state index in [9.17, 15) is 0 Å². The summed E-state index contributed by atoms with van der Waals surface area (Å²) in [6, 6.07) is 0. The standard InChI is InChI=1S/C17H20/c1-3-7-14(2)15-10-12-17(13-11-15)16-8-5-4-6-9-16/h3-5,7-8,10,12H,2,6,9,11,13H2,1H3/b7-3-. The third-order valence-corrected chi connectivity index (χ3v) is 3.36. The van der Waals surface area contributed by atoms with Crippen LogP contribution in [0.4, 0.5) is 0 Å². The van der Waals surface area contributed by atoms with Gasteiger partial charge in [-0.05, 0) is 54.9 Å². The summed E-state index contributed by atoms with van der Waals surface area (Å²) < 4.78 is 0. The molecule has 0 aromatic rings. The molecule has 0 aliphatic heterocycles. The van der Waals surface area contributed by atoms with Gasteiger partial charge in [-0.25, -0.2) is 0 Å². The highest BCUT2D eigenvalue weighted by molar-refractivity contribution is 5.47. The van der Waals surface area contributed by atoms with Gasteiger partial charge in [0, 0.05) is 0 Å².